The molecule has 0 atom stereocenters. The van der Waals surface area contributed by atoms with Crippen LogP contribution in [0.1, 0.15) is 5.56 Å². The molecular weight excluding hydrogens is 252 g/mol. The van der Waals surface area contributed by atoms with Crippen LogP contribution in [0.25, 0.3) is 16.8 Å². The molecule has 0 aliphatic carbocycles. The quantitative estimate of drug-likeness (QED) is 0.734. The van der Waals surface area contributed by atoms with Crippen molar-refractivity contribution in [3.63, 3.8) is 0 Å². The third kappa shape index (κ3) is 1.58. The highest BCUT2D eigenvalue weighted by Crippen LogP contribution is 2.41. The Morgan fingerprint density at radius 3 is 2.90 bits per heavy atom. The van der Waals surface area contributed by atoms with Gasteiger partial charge in [-0.1, -0.05) is 24.3 Å². The molecule has 1 aliphatic heterocycles. The van der Waals surface area contributed by atoms with E-state index in [1.165, 1.54) is 0 Å². The molecule has 0 fully saturated rings. The van der Waals surface area contributed by atoms with Gasteiger partial charge >= 0.3 is 0 Å². The summed E-state index contributed by atoms with van der Waals surface area (Å²) in [6.45, 7) is 0.535. The summed E-state index contributed by atoms with van der Waals surface area (Å²) in [5.74, 6) is 0.895. The Balaban J connectivity index is 1.96. The predicted molar refractivity (Wildman–Crippen MR) is 75.0 cm³/mol. The number of phenols is 1. The molecule has 98 valence electrons. The van der Waals surface area contributed by atoms with E-state index in [0.717, 1.165) is 16.7 Å². The van der Waals surface area contributed by atoms with Crippen LogP contribution < -0.4 is 4.74 Å². The fourth-order valence-corrected chi connectivity index (χ4v) is 2.56. The number of fused-ring (bicyclic) bond motifs is 3. The molecule has 20 heavy (non-hydrogen) atoms. The smallest absolute Gasteiger partial charge is 0.143 e. The van der Waals surface area contributed by atoms with E-state index in [0.29, 0.717) is 18.0 Å². The van der Waals surface area contributed by atoms with Crippen molar-refractivity contribution in [2.45, 2.75) is 6.61 Å². The van der Waals surface area contributed by atoms with Crippen LogP contribution in [-0.2, 0) is 6.61 Å². The molecule has 1 N–H and O–H groups in total. The summed E-state index contributed by atoms with van der Waals surface area (Å²) in [6, 6.07) is 11.8. The summed E-state index contributed by atoms with van der Waals surface area (Å²) in [5, 5.41) is 10.2. The van der Waals surface area contributed by atoms with Crippen LogP contribution >= 0.6 is 0 Å². The van der Waals surface area contributed by atoms with Gasteiger partial charge in [0.2, 0.25) is 0 Å². The molecule has 4 rings (SSSR count). The Labute approximate surface area is 115 Å². The lowest BCUT2D eigenvalue weighted by atomic mass is 9.96. The van der Waals surface area contributed by atoms with E-state index in [1.54, 1.807) is 29.4 Å². The second-order valence-electron chi connectivity index (χ2n) is 4.75. The van der Waals surface area contributed by atoms with Gasteiger partial charge in [-0.2, -0.15) is 0 Å². The maximum atomic E-state index is 10.2. The van der Waals surface area contributed by atoms with Crippen molar-refractivity contribution in [2.24, 2.45) is 0 Å². The standard InChI is InChI=1S/C16H12N2O2/c19-15-8-16-13(7-14(15)18-6-5-17-10-18)12-4-2-1-3-11(12)9-20-16/h1-8,10,19H,9H2. The van der Waals surface area contributed by atoms with Crippen LogP contribution in [0.4, 0.5) is 0 Å². The normalized spacial score (nSPS) is 12.4. The van der Waals surface area contributed by atoms with Crippen molar-refractivity contribution in [1.82, 2.24) is 9.55 Å². The number of rotatable bonds is 1. The molecule has 3 aromatic rings. The van der Waals surface area contributed by atoms with Gasteiger partial charge in [0, 0.05) is 24.0 Å². The monoisotopic (exact) mass is 264 g/mol. The van der Waals surface area contributed by atoms with Gasteiger partial charge in [-0.05, 0) is 17.2 Å². The average Bonchev–Trinajstić information content (AvgIpc) is 3.00. The van der Waals surface area contributed by atoms with Gasteiger partial charge < -0.3 is 14.4 Å². The Hall–Kier alpha value is -2.75. The van der Waals surface area contributed by atoms with Crippen molar-refractivity contribution in [1.29, 1.82) is 0 Å². The topological polar surface area (TPSA) is 47.3 Å². The first-order valence-electron chi connectivity index (χ1n) is 6.39. The van der Waals surface area contributed by atoms with Gasteiger partial charge in [0.1, 0.15) is 18.1 Å². The van der Waals surface area contributed by atoms with E-state index in [1.807, 2.05) is 18.2 Å². The predicted octanol–water partition coefficient (Wildman–Crippen LogP) is 3.14. The summed E-state index contributed by atoms with van der Waals surface area (Å²) >= 11 is 0. The van der Waals surface area contributed by atoms with Crippen LogP contribution in [0.5, 0.6) is 11.5 Å². The molecule has 0 saturated heterocycles. The second-order valence-corrected chi connectivity index (χ2v) is 4.75. The number of imidazole rings is 1. The van der Waals surface area contributed by atoms with Gasteiger partial charge in [-0.25, -0.2) is 4.98 Å². The van der Waals surface area contributed by atoms with Crippen LogP contribution in [0.2, 0.25) is 0 Å². The van der Waals surface area contributed by atoms with Crippen LogP contribution in [0, 0.1) is 0 Å². The van der Waals surface area contributed by atoms with E-state index in [-0.39, 0.29) is 5.75 Å². The minimum atomic E-state index is 0.182. The van der Waals surface area contributed by atoms with Crippen LogP contribution in [-0.4, -0.2) is 14.7 Å². The number of phenolic OH excluding ortho intramolecular Hbond substituents is 1. The van der Waals surface area contributed by atoms with Gasteiger partial charge in [-0.3, -0.25) is 0 Å². The fourth-order valence-electron chi connectivity index (χ4n) is 2.56. The third-order valence-electron chi connectivity index (χ3n) is 3.55. The molecule has 0 unspecified atom stereocenters. The van der Waals surface area contributed by atoms with E-state index >= 15 is 0 Å². The van der Waals surface area contributed by atoms with Crippen molar-refractivity contribution >= 4 is 0 Å². The zero-order valence-corrected chi connectivity index (χ0v) is 10.7. The van der Waals surface area contributed by atoms with Crippen molar-refractivity contribution in [2.75, 3.05) is 0 Å². The number of nitrogens with zero attached hydrogens (tertiary/aromatic N) is 2. The molecule has 0 saturated carbocycles. The van der Waals surface area contributed by atoms with Crippen LogP contribution in [0.3, 0.4) is 0 Å². The molecule has 2 aromatic carbocycles. The number of aromatic nitrogens is 2. The van der Waals surface area contributed by atoms with E-state index in [2.05, 4.69) is 17.1 Å². The van der Waals surface area contributed by atoms with E-state index in [9.17, 15) is 5.11 Å². The molecule has 0 spiro atoms. The van der Waals surface area contributed by atoms with E-state index < -0.39 is 0 Å². The first-order valence-corrected chi connectivity index (χ1v) is 6.39. The number of benzene rings is 2. The highest BCUT2D eigenvalue weighted by molar-refractivity contribution is 5.78. The van der Waals surface area contributed by atoms with Gasteiger partial charge in [-0.15, -0.1) is 0 Å². The van der Waals surface area contributed by atoms with E-state index in [4.69, 9.17) is 4.74 Å². The zero-order valence-electron chi connectivity index (χ0n) is 10.7. The lowest BCUT2D eigenvalue weighted by Gasteiger charge is -2.22. The second kappa shape index (κ2) is 4.13. The maximum Gasteiger partial charge on any atom is 0.143 e. The largest absolute Gasteiger partial charge is 0.506 e. The van der Waals surface area contributed by atoms with Crippen LogP contribution in [0.15, 0.2) is 55.1 Å². The van der Waals surface area contributed by atoms with Gasteiger partial charge in [0.15, 0.2) is 0 Å². The van der Waals surface area contributed by atoms with Gasteiger partial charge in [0.05, 0.1) is 12.0 Å². The molecule has 0 bridgehead atoms. The number of aromatic hydroxyl groups is 1. The molecule has 4 heteroatoms. The third-order valence-corrected chi connectivity index (χ3v) is 3.55. The molecule has 1 aliphatic rings. The summed E-state index contributed by atoms with van der Waals surface area (Å²) in [5.41, 5.74) is 3.99. The lowest BCUT2D eigenvalue weighted by Crippen LogP contribution is -2.06. The van der Waals surface area contributed by atoms with Gasteiger partial charge in [0.25, 0.3) is 0 Å². The summed E-state index contributed by atoms with van der Waals surface area (Å²) in [7, 11) is 0. The molecule has 4 nitrogen and oxygen atoms in total. The lowest BCUT2D eigenvalue weighted by molar-refractivity contribution is 0.300. The molecule has 2 heterocycles. The fraction of sp³-hybridized carbons (Fsp3) is 0.0625. The Bertz CT molecular complexity index is 779. The summed E-state index contributed by atoms with van der Waals surface area (Å²) < 4.78 is 7.50. The minimum Gasteiger partial charge on any atom is -0.506 e. The first-order chi connectivity index (χ1) is 9.83. The number of hydrogen-bond donors (Lipinski definition) is 1. The molecule has 0 amide bonds. The number of ether oxygens (including phenoxy) is 1. The SMILES string of the molecule is Oc1cc2c(cc1-n1ccnc1)-c1ccccc1CO2. The molecular formula is C16H12N2O2. The first kappa shape index (κ1) is 11.1. The Morgan fingerprint density at radius 2 is 2.05 bits per heavy atom. The highest BCUT2D eigenvalue weighted by Gasteiger charge is 2.19. The molecule has 0 radical (unpaired) electrons. The van der Waals surface area contributed by atoms with Crippen molar-refractivity contribution in [3.05, 3.63) is 60.7 Å². The maximum absolute atomic E-state index is 10.2. The molecule has 1 aromatic heterocycles. The minimum absolute atomic E-state index is 0.182. The Morgan fingerprint density at radius 1 is 1.15 bits per heavy atom. The summed E-state index contributed by atoms with van der Waals surface area (Å²) in [4.78, 5) is 4.02. The number of hydrogen-bond acceptors (Lipinski definition) is 3. The average molecular weight is 264 g/mol. The summed E-state index contributed by atoms with van der Waals surface area (Å²) in [6.07, 6.45) is 5.15. The Kier molecular flexibility index (Phi) is 2.29. The van der Waals surface area contributed by atoms with Crippen molar-refractivity contribution in [3.8, 4) is 28.3 Å². The zero-order chi connectivity index (χ0) is 13.5. The van der Waals surface area contributed by atoms with Crippen molar-refractivity contribution < 1.29 is 9.84 Å². The highest BCUT2D eigenvalue weighted by atomic mass is 16.5.